The molecule has 2 aromatic heterocycles. The highest BCUT2D eigenvalue weighted by molar-refractivity contribution is 6.25. The van der Waals surface area contributed by atoms with Gasteiger partial charge in [-0.05, 0) is 80.7 Å². The highest BCUT2D eigenvalue weighted by Crippen LogP contribution is 2.53. The van der Waals surface area contributed by atoms with Crippen LogP contribution in [0, 0.1) is 0 Å². The van der Waals surface area contributed by atoms with Crippen molar-refractivity contribution in [1.82, 2.24) is 0 Å². The minimum atomic E-state index is -0.157. The van der Waals surface area contributed by atoms with Crippen molar-refractivity contribution in [2.45, 2.75) is 19.3 Å². The third kappa shape index (κ3) is 4.68. The lowest BCUT2D eigenvalue weighted by atomic mass is 9.82. The summed E-state index contributed by atoms with van der Waals surface area (Å²) in [6.45, 7) is 4.69. The average Bonchev–Trinajstić information content (AvgIpc) is 3.91. The van der Waals surface area contributed by atoms with Gasteiger partial charge >= 0.3 is 0 Å². The number of hydrogen-bond donors (Lipinski definition) is 0. The number of rotatable bonds is 5. The van der Waals surface area contributed by atoms with Gasteiger partial charge in [0.25, 0.3) is 0 Å². The van der Waals surface area contributed by atoms with E-state index in [4.69, 9.17) is 8.83 Å². The summed E-state index contributed by atoms with van der Waals surface area (Å²) in [5.41, 5.74) is 16.1. The smallest absolute Gasteiger partial charge is 0.159 e. The van der Waals surface area contributed by atoms with Gasteiger partial charge in [-0.25, -0.2) is 0 Å². The van der Waals surface area contributed by atoms with Gasteiger partial charge in [0.1, 0.15) is 16.7 Å². The number of anilines is 3. The van der Waals surface area contributed by atoms with Crippen LogP contribution in [0.1, 0.15) is 25.0 Å². The van der Waals surface area contributed by atoms with Gasteiger partial charge in [-0.15, -0.1) is 0 Å². The SMILES string of the molecule is CC1(C)c2ccccc2-c2ccc(N(c3cccc4ccccc34)c3cccc4c3oc3c(-c5ccccc5-c5ccccc5)c5c(cc34)oc3ccccc35)cc21. The molecule has 58 heavy (non-hydrogen) atoms. The summed E-state index contributed by atoms with van der Waals surface area (Å²) in [6.07, 6.45) is 0. The summed E-state index contributed by atoms with van der Waals surface area (Å²) in [6, 6.07) is 67.5. The van der Waals surface area contributed by atoms with Crippen LogP contribution in [0.4, 0.5) is 17.1 Å². The maximum Gasteiger partial charge on any atom is 0.159 e. The molecule has 0 bridgehead atoms. The van der Waals surface area contributed by atoms with Crippen LogP contribution in [-0.4, -0.2) is 0 Å². The van der Waals surface area contributed by atoms with Gasteiger partial charge in [-0.1, -0.05) is 166 Å². The number of furan rings is 2. The molecule has 0 saturated carbocycles. The molecule has 0 N–H and O–H groups in total. The zero-order valence-corrected chi connectivity index (χ0v) is 32.2. The van der Waals surface area contributed by atoms with Gasteiger partial charge in [-0.2, -0.15) is 0 Å². The molecule has 12 rings (SSSR count). The van der Waals surface area contributed by atoms with Gasteiger partial charge in [-0.3, -0.25) is 0 Å². The Bertz CT molecular complexity index is 3430. The Kier molecular flexibility index (Phi) is 6.98. The van der Waals surface area contributed by atoms with Crippen LogP contribution in [0.5, 0.6) is 0 Å². The molecule has 0 amide bonds. The monoisotopic (exact) mass is 743 g/mol. The van der Waals surface area contributed by atoms with E-state index in [2.05, 4.69) is 201 Å². The predicted molar refractivity (Wildman–Crippen MR) is 242 cm³/mol. The lowest BCUT2D eigenvalue weighted by Gasteiger charge is -2.29. The average molecular weight is 744 g/mol. The van der Waals surface area contributed by atoms with E-state index in [1.165, 1.54) is 33.0 Å². The zero-order chi connectivity index (χ0) is 38.5. The molecule has 0 aliphatic heterocycles. The summed E-state index contributed by atoms with van der Waals surface area (Å²) in [7, 11) is 0. The zero-order valence-electron chi connectivity index (χ0n) is 32.2. The van der Waals surface area contributed by atoms with Crippen molar-refractivity contribution in [2.75, 3.05) is 4.90 Å². The fourth-order valence-electron chi connectivity index (χ4n) is 9.77. The minimum Gasteiger partial charge on any atom is -0.456 e. The van der Waals surface area contributed by atoms with Gasteiger partial charge in [0.05, 0.1) is 11.4 Å². The molecule has 11 aromatic rings. The molecular weight excluding hydrogens is 707 g/mol. The van der Waals surface area contributed by atoms with E-state index in [9.17, 15) is 0 Å². The number of benzene rings is 9. The standard InChI is InChI=1S/C55H37NO2/c1-55(2)45-26-12-10-22-39(45)40-31-30-36(32-46(40)55)56(47-27-14-19-35-18-6-7-21-38(35)47)48-28-15-25-42-44-33-50-51(43-24-11-13-29-49(43)57-50)52(54(44)58-53(42)48)41-23-9-8-20-37(41)34-16-4-3-5-17-34/h3-33H,1-2H3. The van der Waals surface area contributed by atoms with E-state index in [0.717, 1.165) is 83.2 Å². The summed E-state index contributed by atoms with van der Waals surface area (Å²) in [4.78, 5) is 2.41. The summed E-state index contributed by atoms with van der Waals surface area (Å²) < 4.78 is 14.1. The molecule has 0 spiro atoms. The molecule has 0 radical (unpaired) electrons. The second-order valence-corrected chi connectivity index (χ2v) is 16.0. The van der Waals surface area contributed by atoms with Crippen molar-refractivity contribution >= 4 is 71.7 Å². The fraction of sp³-hybridized carbons (Fsp3) is 0.0545. The Morgan fingerprint density at radius 3 is 1.95 bits per heavy atom. The first-order valence-corrected chi connectivity index (χ1v) is 20.0. The normalized spacial score (nSPS) is 13.1. The molecular formula is C55H37NO2. The minimum absolute atomic E-state index is 0.157. The third-order valence-electron chi connectivity index (χ3n) is 12.5. The first-order chi connectivity index (χ1) is 28.5. The van der Waals surface area contributed by atoms with Crippen LogP contribution in [0.25, 0.3) is 88.0 Å². The van der Waals surface area contributed by atoms with E-state index >= 15 is 0 Å². The lowest BCUT2D eigenvalue weighted by molar-refractivity contribution is 0.660. The second-order valence-electron chi connectivity index (χ2n) is 16.0. The maximum atomic E-state index is 7.42. The molecule has 0 saturated heterocycles. The van der Waals surface area contributed by atoms with Crippen molar-refractivity contribution in [3.63, 3.8) is 0 Å². The molecule has 9 aromatic carbocycles. The van der Waals surface area contributed by atoms with Gasteiger partial charge in [0, 0.05) is 43.6 Å². The van der Waals surface area contributed by atoms with Gasteiger partial charge < -0.3 is 13.7 Å². The van der Waals surface area contributed by atoms with E-state index in [-0.39, 0.29) is 5.41 Å². The number of hydrogen-bond acceptors (Lipinski definition) is 3. The number of nitrogens with zero attached hydrogens (tertiary/aromatic N) is 1. The Morgan fingerprint density at radius 1 is 0.414 bits per heavy atom. The molecule has 274 valence electrons. The third-order valence-corrected chi connectivity index (χ3v) is 12.5. The van der Waals surface area contributed by atoms with Gasteiger partial charge in [0.2, 0.25) is 0 Å². The molecule has 3 nitrogen and oxygen atoms in total. The van der Waals surface area contributed by atoms with Crippen molar-refractivity contribution in [1.29, 1.82) is 0 Å². The Labute approximate surface area is 336 Å². The molecule has 1 aliphatic rings. The fourth-order valence-corrected chi connectivity index (χ4v) is 9.77. The number of para-hydroxylation sites is 2. The Morgan fingerprint density at radius 2 is 1.07 bits per heavy atom. The summed E-state index contributed by atoms with van der Waals surface area (Å²) in [5.74, 6) is 0. The van der Waals surface area contributed by atoms with E-state index < -0.39 is 0 Å². The molecule has 0 unspecified atom stereocenters. The second kappa shape index (κ2) is 12.3. The molecule has 1 aliphatic carbocycles. The van der Waals surface area contributed by atoms with Crippen molar-refractivity contribution in [3.05, 3.63) is 199 Å². The van der Waals surface area contributed by atoms with Crippen LogP contribution < -0.4 is 4.90 Å². The first kappa shape index (κ1) is 32.8. The van der Waals surface area contributed by atoms with Crippen LogP contribution in [0.3, 0.4) is 0 Å². The van der Waals surface area contributed by atoms with E-state index in [1.54, 1.807) is 0 Å². The highest BCUT2D eigenvalue weighted by Gasteiger charge is 2.36. The lowest BCUT2D eigenvalue weighted by Crippen LogP contribution is -2.16. The summed E-state index contributed by atoms with van der Waals surface area (Å²) in [5, 5.41) is 6.53. The Balaban J connectivity index is 1.18. The molecule has 2 heterocycles. The predicted octanol–water partition coefficient (Wildman–Crippen LogP) is 15.7. The molecule has 0 fully saturated rings. The molecule has 0 atom stereocenters. The van der Waals surface area contributed by atoms with Crippen LogP contribution in [0.15, 0.2) is 197 Å². The van der Waals surface area contributed by atoms with E-state index in [0.29, 0.717) is 0 Å². The molecule has 3 heteroatoms. The highest BCUT2D eigenvalue weighted by atomic mass is 16.3. The topological polar surface area (TPSA) is 29.5 Å². The van der Waals surface area contributed by atoms with Crippen LogP contribution in [0.2, 0.25) is 0 Å². The summed E-state index contributed by atoms with van der Waals surface area (Å²) >= 11 is 0. The van der Waals surface area contributed by atoms with Crippen molar-refractivity contribution in [3.8, 4) is 33.4 Å². The Hall–Kier alpha value is -7.36. The number of fused-ring (bicyclic) bond motifs is 10. The largest absolute Gasteiger partial charge is 0.456 e. The van der Waals surface area contributed by atoms with Gasteiger partial charge in [0.15, 0.2) is 5.58 Å². The van der Waals surface area contributed by atoms with E-state index in [1.807, 2.05) is 6.07 Å². The van der Waals surface area contributed by atoms with Crippen molar-refractivity contribution < 1.29 is 8.83 Å². The van der Waals surface area contributed by atoms with Crippen molar-refractivity contribution in [2.24, 2.45) is 0 Å². The quantitative estimate of drug-likeness (QED) is 0.176. The first-order valence-electron chi connectivity index (χ1n) is 20.0. The van der Waals surface area contributed by atoms with Crippen LogP contribution in [-0.2, 0) is 5.41 Å². The van der Waals surface area contributed by atoms with Crippen LogP contribution >= 0.6 is 0 Å². The maximum absolute atomic E-state index is 7.42.